The van der Waals surface area contributed by atoms with Crippen molar-refractivity contribution in [1.29, 1.82) is 0 Å². The van der Waals surface area contributed by atoms with Crippen LogP contribution in [-0.2, 0) is 20.8 Å². The van der Waals surface area contributed by atoms with Gasteiger partial charge in [-0.05, 0) is 48.7 Å². The quantitative estimate of drug-likeness (QED) is 0.544. The molecule has 0 bridgehead atoms. The number of benzene rings is 2. The number of aliphatic hydroxyl groups is 1. The lowest BCUT2D eigenvalue weighted by Crippen LogP contribution is -2.03. The van der Waals surface area contributed by atoms with Crippen molar-refractivity contribution in [3.05, 3.63) is 70.8 Å². The normalized spacial score (nSPS) is 11.1. The van der Waals surface area contributed by atoms with Crippen LogP contribution in [0.15, 0.2) is 48.5 Å². The molecule has 0 atom stereocenters. The molecule has 3 radical (unpaired) electrons. The minimum absolute atomic E-state index is 0. The molecule has 0 aliphatic carbocycles. The van der Waals surface area contributed by atoms with Crippen LogP contribution in [0, 0.1) is 0 Å². The van der Waals surface area contributed by atoms with E-state index in [1.54, 1.807) is 24.3 Å². The Kier molecular flexibility index (Phi) is 17.0. The van der Waals surface area contributed by atoms with E-state index in [0.29, 0.717) is 11.1 Å². The van der Waals surface area contributed by atoms with Gasteiger partial charge in [-0.25, -0.2) is 14.4 Å². The summed E-state index contributed by atoms with van der Waals surface area (Å²) in [5.74, 6) is -1.99. The summed E-state index contributed by atoms with van der Waals surface area (Å²) in [5.41, 5.74) is 1.48. The lowest BCUT2D eigenvalue weighted by molar-refractivity contribution is 0.0591. The standard InChI is InChI=1S/C9H8O4.C9H10O3.C4H8O.CH4.B/c1-13-9(12)7-4-2-3-6(5-7)8(10)11;1-12-9(11)8-4-2-3-7(5-8)6-10;1-2-4-5-3-1;;/h2-5H,1H3,(H,10,11);2-5,10H,6H2,1H3;1-4H2;1H4;. The fraction of sp³-hybridized carbons (Fsp3) is 0.348. The zero-order valence-corrected chi connectivity index (χ0v) is 17.6. The third-order valence-corrected chi connectivity index (χ3v) is 3.89. The molecule has 32 heavy (non-hydrogen) atoms. The summed E-state index contributed by atoms with van der Waals surface area (Å²) in [6, 6.07) is 12.4. The summed E-state index contributed by atoms with van der Waals surface area (Å²) >= 11 is 0. The van der Waals surface area contributed by atoms with Gasteiger partial charge in [-0.1, -0.05) is 25.6 Å². The van der Waals surface area contributed by atoms with Crippen molar-refractivity contribution in [3.63, 3.8) is 0 Å². The molecule has 3 rings (SSSR count). The molecule has 2 aromatic rings. The molecule has 2 aromatic carbocycles. The number of carbonyl (C=O) groups is 3. The van der Waals surface area contributed by atoms with Gasteiger partial charge in [0.25, 0.3) is 0 Å². The van der Waals surface area contributed by atoms with Crippen molar-refractivity contribution >= 4 is 26.3 Å². The number of rotatable bonds is 4. The average Bonchev–Trinajstić information content (AvgIpc) is 3.39. The monoisotopic (exact) mass is 445 g/mol. The van der Waals surface area contributed by atoms with E-state index in [1.165, 1.54) is 51.3 Å². The molecule has 0 saturated carbocycles. The molecule has 0 spiro atoms. The highest BCUT2D eigenvalue weighted by molar-refractivity contribution is 5.94. The fourth-order valence-corrected chi connectivity index (χ4v) is 2.32. The Balaban J connectivity index is 0. The van der Waals surface area contributed by atoms with Crippen molar-refractivity contribution in [2.75, 3.05) is 27.4 Å². The van der Waals surface area contributed by atoms with Crippen LogP contribution in [0.5, 0.6) is 0 Å². The molecule has 8 nitrogen and oxygen atoms in total. The van der Waals surface area contributed by atoms with Crippen LogP contribution in [0.25, 0.3) is 0 Å². The fourth-order valence-electron chi connectivity index (χ4n) is 2.32. The van der Waals surface area contributed by atoms with Crippen molar-refractivity contribution in [1.82, 2.24) is 0 Å². The maximum Gasteiger partial charge on any atom is 0.337 e. The lowest BCUT2D eigenvalue weighted by atomic mass is 10.1. The SMILES string of the molecule is C.C1CCOC1.COC(=O)c1cccc(C(=O)O)c1.COC(=O)c1cccc(CO)c1.[B]. The molecule has 0 unspecified atom stereocenters. The number of hydrogen-bond acceptors (Lipinski definition) is 7. The van der Waals surface area contributed by atoms with E-state index in [9.17, 15) is 14.4 Å². The first-order chi connectivity index (χ1) is 14.4. The summed E-state index contributed by atoms with van der Waals surface area (Å²) in [6.45, 7) is 1.94. The highest BCUT2D eigenvalue weighted by Crippen LogP contribution is 2.07. The van der Waals surface area contributed by atoms with E-state index in [0.717, 1.165) is 13.2 Å². The summed E-state index contributed by atoms with van der Waals surface area (Å²) in [7, 11) is 2.57. The van der Waals surface area contributed by atoms with Gasteiger partial charge in [0.15, 0.2) is 0 Å². The Morgan fingerprint density at radius 2 is 1.34 bits per heavy atom. The van der Waals surface area contributed by atoms with Gasteiger partial charge in [0.05, 0.1) is 37.5 Å². The van der Waals surface area contributed by atoms with Crippen LogP contribution >= 0.6 is 0 Å². The van der Waals surface area contributed by atoms with Crippen LogP contribution in [-0.4, -0.2) is 64.0 Å². The molecule has 2 N–H and O–H groups in total. The Morgan fingerprint density at radius 1 is 0.875 bits per heavy atom. The molecule has 1 saturated heterocycles. The number of carboxylic acids is 1. The van der Waals surface area contributed by atoms with E-state index in [1.807, 2.05) is 0 Å². The second kappa shape index (κ2) is 17.5. The minimum atomic E-state index is -1.06. The molecular formula is C23H30BO8. The smallest absolute Gasteiger partial charge is 0.337 e. The maximum absolute atomic E-state index is 11.0. The number of carboxylic acid groups (broad SMARTS) is 1. The topological polar surface area (TPSA) is 119 Å². The molecule has 173 valence electrons. The van der Waals surface area contributed by atoms with E-state index >= 15 is 0 Å². The van der Waals surface area contributed by atoms with Crippen molar-refractivity contribution in [2.45, 2.75) is 26.9 Å². The highest BCUT2D eigenvalue weighted by Gasteiger charge is 2.08. The number of aromatic carboxylic acids is 1. The molecule has 0 amide bonds. The zero-order chi connectivity index (χ0) is 22.4. The van der Waals surface area contributed by atoms with Gasteiger partial charge in [-0.3, -0.25) is 0 Å². The number of aliphatic hydroxyl groups excluding tert-OH is 1. The number of carbonyl (C=O) groups excluding carboxylic acids is 2. The molecular weight excluding hydrogens is 415 g/mol. The Hall–Kier alpha value is -3.17. The Morgan fingerprint density at radius 3 is 1.75 bits per heavy atom. The van der Waals surface area contributed by atoms with Crippen LogP contribution in [0.4, 0.5) is 0 Å². The zero-order valence-electron chi connectivity index (χ0n) is 17.6. The second-order valence-electron chi connectivity index (χ2n) is 6.05. The van der Waals surface area contributed by atoms with Gasteiger partial charge in [0.2, 0.25) is 0 Å². The summed E-state index contributed by atoms with van der Waals surface area (Å²) in [6.07, 6.45) is 2.56. The molecule has 1 fully saturated rings. The van der Waals surface area contributed by atoms with E-state index in [2.05, 4.69) is 9.47 Å². The van der Waals surface area contributed by atoms with Gasteiger partial charge in [0.1, 0.15) is 0 Å². The second-order valence-corrected chi connectivity index (χ2v) is 6.05. The predicted octanol–water partition coefficient (Wildman–Crippen LogP) is 3.19. The maximum atomic E-state index is 11.0. The Labute approximate surface area is 190 Å². The number of esters is 2. The highest BCUT2D eigenvalue weighted by atomic mass is 16.5. The van der Waals surface area contributed by atoms with E-state index in [-0.39, 0.29) is 39.5 Å². The third kappa shape index (κ3) is 11.3. The van der Waals surface area contributed by atoms with E-state index in [4.69, 9.17) is 14.9 Å². The molecule has 9 heteroatoms. The van der Waals surface area contributed by atoms with Crippen LogP contribution in [0.2, 0.25) is 0 Å². The molecule has 1 aliphatic heterocycles. The van der Waals surface area contributed by atoms with Crippen molar-refractivity contribution in [2.24, 2.45) is 0 Å². The van der Waals surface area contributed by atoms with Gasteiger partial charge in [-0.2, -0.15) is 0 Å². The van der Waals surface area contributed by atoms with Crippen molar-refractivity contribution in [3.8, 4) is 0 Å². The van der Waals surface area contributed by atoms with Gasteiger partial charge >= 0.3 is 17.9 Å². The summed E-state index contributed by atoms with van der Waals surface area (Å²) < 4.78 is 13.9. The number of ether oxygens (including phenoxy) is 3. The van der Waals surface area contributed by atoms with Gasteiger partial charge in [-0.15, -0.1) is 0 Å². The minimum Gasteiger partial charge on any atom is -0.478 e. The number of hydrogen-bond donors (Lipinski definition) is 2. The predicted molar refractivity (Wildman–Crippen MR) is 121 cm³/mol. The molecule has 1 aliphatic rings. The van der Waals surface area contributed by atoms with Crippen molar-refractivity contribution < 1.29 is 38.8 Å². The molecule has 0 aromatic heterocycles. The van der Waals surface area contributed by atoms with E-state index < -0.39 is 11.9 Å². The largest absolute Gasteiger partial charge is 0.478 e. The van der Waals surface area contributed by atoms with Crippen LogP contribution in [0.3, 0.4) is 0 Å². The third-order valence-electron chi connectivity index (χ3n) is 3.89. The summed E-state index contributed by atoms with van der Waals surface area (Å²) in [5, 5.41) is 17.4. The number of methoxy groups -OCH3 is 2. The molecule has 1 heterocycles. The lowest BCUT2D eigenvalue weighted by Gasteiger charge is -2.00. The van der Waals surface area contributed by atoms with Crippen LogP contribution in [0.1, 0.15) is 56.9 Å². The van der Waals surface area contributed by atoms with Crippen LogP contribution < -0.4 is 0 Å². The summed E-state index contributed by atoms with van der Waals surface area (Å²) in [4.78, 5) is 32.5. The van der Waals surface area contributed by atoms with Gasteiger partial charge < -0.3 is 24.4 Å². The first-order valence-electron chi connectivity index (χ1n) is 9.20. The first-order valence-corrected chi connectivity index (χ1v) is 9.20. The average molecular weight is 445 g/mol. The first kappa shape index (κ1) is 31.0. The Bertz CT molecular complexity index is 827. The van der Waals surface area contributed by atoms with Gasteiger partial charge in [0, 0.05) is 21.6 Å².